The number of piperidine rings is 1. The van der Waals surface area contributed by atoms with Crippen molar-refractivity contribution in [2.45, 2.75) is 38.3 Å². The molecule has 6 heteroatoms. The van der Waals surface area contributed by atoms with Gasteiger partial charge in [-0.05, 0) is 43.0 Å². The molecule has 0 radical (unpaired) electrons. The number of rotatable bonds is 5. The molecule has 1 aromatic carbocycles. The van der Waals surface area contributed by atoms with Crippen LogP contribution in [0.25, 0.3) is 5.69 Å². The van der Waals surface area contributed by atoms with Crippen molar-refractivity contribution in [2.75, 3.05) is 6.54 Å². The van der Waals surface area contributed by atoms with Gasteiger partial charge in [-0.15, -0.1) is 0 Å². The van der Waals surface area contributed by atoms with E-state index in [0.29, 0.717) is 6.42 Å². The number of carbonyl (C=O) groups excluding carboxylic acids is 1. The molecular weight excluding hydrogens is 326 g/mol. The maximum atomic E-state index is 12.9. The van der Waals surface area contributed by atoms with Gasteiger partial charge in [-0.25, -0.2) is 4.68 Å². The fourth-order valence-electron chi connectivity index (χ4n) is 3.59. The van der Waals surface area contributed by atoms with Gasteiger partial charge in [0.05, 0.1) is 30.9 Å². The van der Waals surface area contributed by atoms with Crippen LogP contribution in [0.15, 0.2) is 61.2 Å². The maximum absolute atomic E-state index is 12.9. The molecule has 0 N–H and O–H groups in total. The second-order valence-corrected chi connectivity index (χ2v) is 6.77. The van der Waals surface area contributed by atoms with E-state index in [9.17, 15) is 4.79 Å². The Morgan fingerprint density at radius 1 is 1.12 bits per heavy atom. The summed E-state index contributed by atoms with van der Waals surface area (Å²) in [6, 6.07) is 12.1. The highest BCUT2D eigenvalue weighted by molar-refractivity contribution is 5.79. The minimum absolute atomic E-state index is 0.175. The molecule has 0 spiro atoms. The summed E-state index contributed by atoms with van der Waals surface area (Å²) in [4.78, 5) is 14.9. The van der Waals surface area contributed by atoms with Crippen molar-refractivity contribution in [1.82, 2.24) is 24.5 Å². The first-order valence-electron chi connectivity index (χ1n) is 9.15. The number of nitrogens with zero attached hydrogens (tertiary/aromatic N) is 5. The van der Waals surface area contributed by atoms with Crippen molar-refractivity contribution in [1.29, 1.82) is 0 Å². The van der Waals surface area contributed by atoms with Gasteiger partial charge < -0.3 is 4.90 Å². The van der Waals surface area contributed by atoms with Crippen LogP contribution in [0.5, 0.6) is 0 Å². The Morgan fingerprint density at radius 2 is 2.00 bits per heavy atom. The van der Waals surface area contributed by atoms with Gasteiger partial charge in [0.1, 0.15) is 0 Å². The van der Waals surface area contributed by atoms with E-state index in [0.717, 1.165) is 37.2 Å². The summed E-state index contributed by atoms with van der Waals surface area (Å²) in [6.45, 7) is 1.60. The summed E-state index contributed by atoms with van der Waals surface area (Å²) in [7, 11) is 0. The molecule has 3 heterocycles. The van der Waals surface area contributed by atoms with Crippen molar-refractivity contribution in [2.24, 2.45) is 0 Å². The van der Waals surface area contributed by atoms with Gasteiger partial charge in [0.15, 0.2) is 0 Å². The van der Waals surface area contributed by atoms with Gasteiger partial charge in [-0.2, -0.15) is 10.2 Å². The number of aromatic nitrogens is 4. The lowest BCUT2D eigenvalue weighted by atomic mass is 10.0. The van der Waals surface area contributed by atoms with Crippen LogP contribution < -0.4 is 0 Å². The average Bonchev–Trinajstić information content (AvgIpc) is 3.35. The summed E-state index contributed by atoms with van der Waals surface area (Å²) in [5.74, 6) is 0.175. The molecule has 2 aromatic heterocycles. The third-order valence-corrected chi connectivity index (χ3v) is 4.92. The van der Waals surface area contributed by atoms with Crippen molar-refractivity contribution < 1.29 is 4.79 Å². The fourth-order valence-corrected chi connectivity index (χ4v) is 3.59. The first-order chi connectivity index (χ1) is 12.8. The minimum atomic E-state index is 0.175. The summed E-state index contributed by atoms with van der Waals surface area (Å²) < 4.78 is 3.74. The molecule has 4 rings (SSSR count). The van der Waals surface area contributed by atoms with Gasteiger partial charge in [-0.3, -0.25) is 9.48 Å². The van der Waals surface area contributed by atoms with Gasteiger partial charge in [-0.1, -0.05) is 18.2 Å². The number of hydrogen-bond acceptors (Lipinski definition) is 3. The highest BCUT2D eigenvalue weighted by Gasteiger charge is 2.27. The predicted octanol–water partition coefficient (Wildman–Crippen LogP) is 2.69. The summed E-state index contributed by atoms with van der Waals surface area (Å²) in [6.07, 6.45) is 11.1. The molecular formula is C20H23N5O. The van der Waals surface area contributed by atoms with Gasteiger partial charge in [0.2, 0.25) is 5.91 Å². The van der Waals surface area contributed by atoms with Crippen molar-refractivity contribution in [3.05, 3.63) is 66.7 Å². The van der Waals surface area contributed by atoms with Crippen molar-refractivity contribution >= 4 is 5.91 Å². The third-order valence-electron chi connectivity index (χ3n) is 4.92. The molecule has 1 aliphatic heterocycles. The lowest BCUT2D eigenvalue weighted by molar-refractivity contribution is -0.134. The number of para-hydroxylation sites is 1. The van der Waals surface area contributed by atoms with E-state index in [4.69, 9.17) is 0 Å². The number of benzene rings is 1. The Hall–Kier alpha value is -2.89. The Balaban J connectivity index is 1.44. The highest BCUT2D eigenvalue weighted by Crippen LogP contribution is 2.20. The van der Waals surface area contributed by atoms with Gasteiger partial charge >= 0.3 is 0 Å². The van der Waals surface area contributed by atoms with E-state index >= 15 is 0 Å². The molecule has 1 atom stereocenters. The highest BCUT2D eigenvalue weighted by atomic mass is 16.2. The van der Waals surface area contributed by atoms with Gasteiger partial charge in [0.25, 0.3) is 0 Å². The lowest BCUT2D eigenvalue weighted by Crippen LogP contribution is -2.46. The van der Waals surface area contributed by atoms with E-state index in [2.05, 4.69) is 10.2 Å². The fraction of sp³-hybridized carbons (Fsp3) is 0.350. The first-order valence-corrected chi connectivity index (χ1v) is 9.15. The predicted molar refractivity (Wildman–Crippen MR) is 98.8 cm³/mol. The van der Waals surface area contributed by atoms with E-state index in [1.807, 2.05) is 63.1 Å². The molecule has 1 aliphatic rings. The van der Waals surface area contributed by atoms with Crippen LogP contribution in [0, 0.1) is 0 Å². The number of likely N-dealkylation sites (tertiary alicyclic amines) is 1. The first kappa shape index (κ1) is 16.6. The molecule has 0 aliphatic carbocycles. The third kappa shape index (κ3) is 3.69. The molecule has 0 saturated carbocycles. The van der Waals surface area contributed by atoms with Crippen molar-refractivity contribution in [3.63, 3.8) is 0 Å². The maximum Gasteiger partial charge on any atom is 0.227 e. The van der Waals surface area contributed by atoms with E-state index < -0.39 is 0 Å². The quantitative estimate of drug-likeness (QED) is 0.712. The number of carbonyl (C=O) groups is 1. The molecule has 3 aromatic rings. The molecule has 6 nitrogen and oxygen atoms in total. The molecule has 26 heavy (non-hydrogen) atoms. The summed E-state index contributed by atoms with van der Waals surface area (Å²) in [5, 5.41) is 8.69. The molecule has 1 fully saturated rings. The van der Waals surface area contributed by atoms with E-state index in [1.54, 1.807) is 12.4 Å². The van der Waals surface area contributed by atoms with Gasteiger partial charge in [0, 0.05) is 25.1 Å². The smallest absolute Gasteiger partial charge is 0.227 e. The molecule has 0 unspecified atom stereocenters. The average molecular weight is 349 g/mol. The Labute approximate surface area is 153 Å². The van der Waals surface area contributed by atoms with E-state index in [1.165, 1.54) is 6.42 Å². The van der Waals surface area contributed by atoms with Crippen molar-refractivity contribution in [3.8, 4) is 5.69 Å². The minimum Gasteiger partial charge on any atom is -0.338 e. The van der Waals surface area contributed by atoms with Crippen LogP contribution >= 0.6 is 0 Å². The Bertz CT molecular complexity index is 840. The zero-order valence-corrected chi connectivity index (χ0v) is 14.7. The second kappa shape index (κ2) is 7.56. The van der Waals surface area contributed by atoms with E-state index in [-0.39, 0.29) is 11.9 Å². The summed E-state index contributed by atoms with van der Waals surface area (Å²) in [5.41, 5.74) is 1.95. The van der Waals surface area contributed by atoms with Crippen LogP contribution in [-0.4, -0.2) is 43.0 Å². The van der Waals surface area contributed by atoms with Crippen LogP contribution in [0.2, 0.25) is 0 Å². The lowest BCUT2D eigenvalue weighted by Gasteiger charge is -2.35. The van der Waals surface area contributed by atoms with Crippen LogP contribution in [-0.2, 0) is 17.8 Å². The standard InChI is InChI=1S/C20H23N5O/c26-20(13-17-14-22-25(15-17)18-7-2-1-3-8-18)24-12-5-4-9-19(24)16-23-11-6-10-21-23/h1-3,6-8,10-11,14-15,19H,4-5,9,12-13,16H2/t19-/m1/s1. The zero-order chi connectivity index (χ0) is 17.8. The Morgan fingerprint density at radius 3 is 2.81 bits per heavy atom. The molecule has 1 amide bonds. The topological polar surface area (TPSA) is 56.0 Å². The zero-order valence-electron chi connectivity index (χ0n) is 14.7. The largest absolute Gasteiger partial charge is 0.338 e. The second-order valence-electron chi connectivity index (χ2n) is 6.77. The monoisotopic (exact) mass is 349 g/mol. The number of amides is 1. The molecule has 1 saturated heterocycles. The molecule has 134 valence electrons. The number of hydrogen-bond donors (Lipinski definition) is 0. The Kier molecular flexibility index (Phi) is 4.82. The normalized spacial score (nSPS) is 17.4. The van der Waals surface area contributed by atoms with Crippen LogP contribution in [0.4, 0.5) is 0 Å². The van der Waals surface area contributed by atoms with Crippen LogP contribution in [0.3, 0.4) is 0 Å². The molecule has 0 bridgehead atoms. The SMILES string of the molecule is O=C(Cc1cnn(-c2ccccc2)c1)N1CCCC[C@@H]1Cn1cccn1. The van der Waals surface area contributed by atoms with Crippen LogP contribution in [0.1, 0.15) is 24.8 Å². The summed E-state index contributed by atoms with van der Waals surface area (Å²) >= 11 is 0.